The molecule has 2 heterocycles. The first-order valence-corrected chi connectivity index (χ1v) is 8.69. The molecule has 6 nitrogen and oxygen atoms in total. The third-order valence-electron chi connectivity index (χ3n) is 4.57. The molecule has 0 spiro atoms. The minimum atomic E-state index is -0.423. The molecule has 6 heteroatoms. The SMILES string of the molecule is CC(=O)NCCN1CCC[C@H](C2CN(C(=O)OC(C)(C)C)C2)C1. The van der Waals surface area contributed by atoms with E-state index in [9.17, 15) is 9.59 Å². The number of carbonyl (C=O) groups is 2. The first-order chi connectivity index (χ1) is 10.7. The second-order valence-corrected chi connectivity index (χ2v) is 7.83. The van der Waals surface area contributed by atoms with Gasteiger partial charge in [0.25, 0.3) is 0 Å². The van der Waals surface area contributed by atoms with Crippen molar-refractivity contribution in [3.63, 3.8) is 0 Å². The fourth-order valence-corrected chi connectivity index (χ4v) is 3.36. The topological polar surface area (TPSA) is 61.9 Å². The molecule has 2 rings (SSSR count). The summed E-state index contributed by atoms with van der Waals surface area (Å²) in [4.78, 5) is 27.2. The number of hydrogen-bond donors (Lipinski definition) is 1. The molecule has 2 saturated heterocycles. The van der Waals surface area contributed by atoms with Crippen molar-refractivity contribution in [2.45, 2.75) is 46.1 Å². The van der Waals surface area contributed by atoms with E-state index in [1.165, 1.54) is 12.8 Å². The van der Waals surface area contributed by atoms with Gasteiger partial charge in [-0.05, 0) is 52.0 Å². The van der Waals surface area contributed by atoms with Crippen molar-refractivity contribution in [3.05, 3.63) is 0 Å². The van der Waals surface area contributed by atoms with Crippen molar-refractivity contribution in [2.24, 2.45) is 11.8 Å². The highest BCUT2D eigenvalue weighted by Gasteiger charge is 2.39. The molecule has 1 atom stereocenters. The molecule has 1 N–H and O–H groups in total. The van der Waals surface area contributed by atoms with Crippen LogP contribution in [0.25, 0.3) is 0 Å². The van der Waals surface area contributed by atoms with Gasteiger partial charge in [-0.3, -0.25) is 4.79 Å². The Morgan fingerprint density at radius 1 is 1.17 bits per heavy atom. The van der Waals surface area contributed by atoms with E-state index in [0.29, 0.717) is 11.8 Å². The van der Waals surface area contributed by atoms with Crippen LogP contribution in [0.15, 0.2) is 0 Å². The zero-order chi connectivity index (χ0) is 17.0. The summed E-state index contributed by atoms with van der Waals surface area (Å²) < 4.78 is 5.41. The predicted octanol–water partition coefficient (Wildman–Crippen LogP) is 1.70. The van der Waals surface area contributed by atoms with E-state index in [1.807, 2.05) is 25.7 Å². The van der Waals surface area contributed by atoms with Crippen LogP contribution in [0, 0.1) is 11.8 Å². The lowest BCUT2D eigenvalue weighted by Crippen LogP contribution is -2.56. The summed E-state index contributed by atoms with van der Waals surface area (Å²) in [5.41, 5.74) is -0.423. The third-order valence-corrected chi connectivity index (χ3v) is 4.57. The maximum Gasteiger partial charge on any atom is 0.410 e. The Labute approximate surface area is 139 Å². The van der Waals surface area contributed by atoms with Gasteiger partial charge in [-0.2, -0.15) is 0 Å². The molecule has 0 saturated carbocycles. The second kappa shape index (κ2) is 7.51. The molecule has 2 aliphatic rings. The van der Waals surface area contributed by atoms with Gasteiger partial charge in [-0.15, -0.1) is 0 Å². The van der Waals surface area contributed by atoms with Crippen molar-refractivity contribution in [1.29, 1.82) is 0 Å². The quantitative estimate of drug-likeness (QED) is 0.854. The summed E-state index contributed by atoms with van der Waals surface area (Å²) in [5.74, 6) is 1.27. The van der Waals surface area contributed by atoms with Crippen LogP contribution in [-0.4, -0.2) is 66.7 Å². The zero-order valence-electron chi connectivity index (χ0n) is 14.9. The monoisotopic (exact) mass is 325 g/mol. The second-order valence-electron chi connectivity index (χ2n) is 7.83. The molecular formula is C17H31N3O3. The van der Waals surface area contributed by atoms with E-state index in [4.69, 9.17) is 4.74 Å². The van der Waals surface area contributed by atoms with Gasteiger partial charge < -0.3 is 19.9 Å². The van der Waals surface area contributed by atoms with Gasteiger partial charge in [-0.1, -0.05) is 0 Å². The molecule has 0 unspecified atom stereocenters. The van der Waals surface area contributed by atoms with Crippen molar-refractivity contribution in [2.75, 3.05) is 39.3 Å². The number of ether oxygens (including phenoxy) is 1. The summed E-state index contributed by atoms with van der Waals surface area (Å²) in [6, 6.07) is 0. The summed E-state index contributed by atoms with van der Waals surface area (Å²) in [6.07, 6.45) is 2.25. The first kappa shape index (κ1) is 18.0. The number of rotatable bonds is 4. The minimum absolute atomic E-state index is 0.0329. The number of nitrogens with zero attached hydrogens (tertiary/aromatic N) is 2. The van der Waals surface area contributed by atoms with Crippen LogP contribution < -0.4 is 5.32 Å². The highest BCUT2D eigenvalue weighted by atomic mass is 16.6. The lowest BCUT2D eigenvalue weighted by molar-refractivity contribution is -0.119. The van der Waals surface area contributed by atoms with Crippen LogP contribution in [0.4, 0.5) is 4.79 Å². The van der Waals surface area contributed by atoms with Gasteiger partial charge in [0.2, 0.25) is 5.91 Å². The molecule has 23 heavy (non-hydrogen) atoms. The fourth-order valence-electron chi connectivity index (χ4n) is 3.36. The van der Waals surface area contributed by atoms with Crippen LogP contribution >= 0.6 is 0 Å². The molecule has 2 fully saturated rings. The number of nitrogens with one attached hydrogen (secondary N) is 1. The standard InChI is InChI=1S/C17H31N3O3/c1-13(21)18-7-9-19-8-5-6-14(10-19)15-11-20(12-15)16(22)23-17(2,3)4/h14-15H,5-12H2,1-4H3,(H,18,21)/t14-/m0/s1. The van der Waals surface area contributed by atoms with E-state index in [-0.39, 0.29) is 12.0 Å². The number of carbonyl (C=O) groups excluding carboxylic acids is 2. The largest absolute Gasteiger partial charge is 0.444 e. The van der Waals surface area contributed by atoms with Gasteiger partial charge in [0.15, 0.2) is 0 Å². The number of piperidine rings is 1. The van der Waals surface area contributed by atoms with E-state index in [2.05, 4.69) is 10.2 Å². The lowest BCUT2D eigenvalue weighted by Gasteiger charge is -2.46. The average Bonchev–Trinajstić information content (AvgIpc) is 2.34. The number of hydrogen-bond acceptors (Lipinski definition) is 4. The highest BCUT2D eigenvalue weighted by molar-refractivity contribution is 5.72. The van der Waals surface area contributed by atoms with E-state index >= 15 is 0 Å². The molecule has 2 aliphatic heterocycles. The van der Waals surface area contributed by atoms with E-state index in [0.717, 1.165) is 39.3 Å². The Hall–Kier alpha value is -1.30. The van der Waals surface area contributed by atoms with Gasteiger partial charge in [0, 0.05) is 39.6 Å². The molecule has 0 bridgehead atoms. The Morgan fingerprint density at radius 2 is 1.87 bits per heavy atom. The van der Waals surface area contributed by atoms with Crippen molar-refractivity contribution in [1.82, 2.24) is 15.1 Å². The average molecular weight is 325 g/mol. The van der Waals surface area contributed by atoms with Gasteiger partial charge in [0.05, 0.1) is 0 Å². The molecule has 132 valence electrons. The molecule has 0 aromatic rings. The van der Waals surface area contributed by atoms with E-state index in [1.54, 1.807) is 6.92 Å². The maximum absolute atomic E-state index is 12.0. The van der Waals surface area contributed by atoms with E-state index < -0.39 is 5.60 Å². The Morgan fingerprint density at radius 3 is 2.48 bits per heavy atom. The molecule has 0 radical (unpaired) electrons. The van der Waals surface area contributed by atoms with Crippen LogP contribution in [0.3, 0.4) is 0 Å². The minimum Gasteiger partial charge on any atom is -0.444 e. The zero-order valence-corrected chi connectivity index (χ0v) is 14.9. The number of likely N-dealkylation sites (tertiary alicyclic amines) is 2. The van der Waals surface area contributed by atoms with Crippen LogP contribution in [0.2, 0.25) is 0 Å². The maximum atomic E-state index is 12.0. The Balaban J connectivity index is 1.70. The van der Waals surface area contributed by atoms with Crippen molar-refractivity contribution >= 4 is 12.0 Å². The third kappa shape index (κ3) is 5.68. The fraction of sp³-hybridized carbons (Fsp3) is 0.882. The van der Waals surface area contributed by atoms with Gasteiger partial charge >= 0.3 is 6.09 Å². The van der Waals surface area contributed by atoms with Crippen molar-refractivity contribution in [3.8, 4) is 0 Å². The normalized spacial score (nSPS) is 23.3. The predicted molar refractivity (Wildman–Crippen MR) is 89.1 cm³/mol. The van der Waals surface area contributed by atoms with Crippen LogP contribution in [0.1, 0.15) is 40.5 Å². The summed E-state index contributed by atoms with van der Waals surface area (Å²) >= 11 is 0. The summed E-state index contributed by atoms with van der Waals surface area (Å²) in [5, 5.41) is 2.86. The summed E-state index contributed by atoms with van der Waals surface area (Å²) in [6.45, 7) is 12.7. The molecule has 0 aliphatic carbocycles. The molecule has 2 amide bonds. The molecular weight excluding hydrogens is 294 g/mol. The highest BCUT2D eigenvalue weighted by Crippen LogP contribution is 2.31. The Bertz CT molecular complexity index is 427. The molecule has 0 aromatic heterocycles. The van der Waals surface area contributed by atoms with Gasteiger partial charge in [-0.25, -0.2) is 4.79 Å². The Kier molecular flexibility index (Phi) is 5.89. The first-order valence-electron chi connectivity index (χ1n) is 8.69. The number of amides is 2. The van der Waals surface area contributed by atoms with Gasteiger partial charge in [0.1, 0.15) is 5.60 Å². The van der Waals surface area contributed by atoms with Crippen molar-refractivity contribution < 1.29 is 14.3 Å². The summed E-state index contributed by atoms with van der Waals surface area (Å²) in [7, 11) is 0. The lowest BCUT2D eigenvalue weighted by atomic mass is 9.81. The van der Waals surface area contributed by atoms with Crippen LogP contribution in [-0.2, 0) is 9.53 Å². The van der Waals surface area contributed by atoms with Crippen LogP contribution in [0.5, 0.6) is 0 Å². The molecule has 0 aromatic carbocycles. The smallest absolute Gasteiger partial charge is 0.410 e.